The standard InChI is InChI=1S/C10H22.C10H20.C9H21N.C6H13N.2C4H10.2C4H8.2C3H9N.2C2H5N.4CH4/c3*1-7(2)10(8(3)4)9(5)6;1-5(2)7-6(3)4;6*1-4(2)3;2*1-3-2;;;;/h7-10H,1-6H3;7-8H,1-6H3;7-9H,1-6H3;5H,1-4H3;2*4H,1-3H3;2*1H2,2-3H3;2*1-3H3;2*1H2,2H3;4*1H4. The zero-order chi connectivity index (χ0) is 57.7. The zero-order valence-electron chi connectivity index (χ0n) is 54.9. The molecule has 0 saturated heterocycles. The van der Waals surface area contributed by atoms with Crippen LogP contribution in [0.2, 0.25) is 0 Å². The number of nitrogens with zero attached hydrogens (tertiary/aromatic N) is 6. The summed E-state index contributed by atoms with van der Waals surface area (Å²) in [6, 6.07) is 2.46. The summed E-state index contributed by atoms with van der Waals surface area (Å²) in [4.78, 5) is 17.2. The minimum absolute atomic E-state index is 0. The summed E-state index contributed by atoms with van der Waals surface area (Å²) in [5, 5.41) is 0. The molecule has 71 heavy (non-hydrogen) atoms. The molecule has 0 aromatic rings. The van der Waals surface area contributed by atoms with Crippen LogP contribution >= 0.6 is 0 Å². The van der Waals surface area contributed by atoms with Crippen molar-refractivity contribution < 1.29 is 0 Å². The molecule has 0 amide bonds. The van der Waals surface area contributed by atoms with Crippen molar-refractivity contribution >= 4 is 19.1 Å². The number of hydrogen-bond donors (Lipinski definition) is 0. The molecule has 0 rings (SSSR count). The van der Waals surface area contributed by atoms with Crippen LogP contribution in [0.5, 0.6) is 0 Å². The van der Waals surface area contributed by atoms with Crippen molar-refractivity contribution in [1.29, 1.82) is 0 Å². The molecule has 0 aromatic heterocycles. The first kappa shape index (κ1) is 114. The predicted molar refractivity (Wildman–Crippen MR) is 356 cm³/mol. The third kappa shape index (κ3) is 205. The van der Waals surface area contributed by atoms with Gasteiger partial charge in [-0.2, -0.15) is 0 Å². The fraction of sp³-hybridized carbons (Fsp3) is 0.862. The third-order valence-corrected chi connectivity index (χ3v) is 6.44. The van der Waals surface area contributed by atoms with Crippen LogP contribution in [0.4, 0.5) is 0 Å². The number of hydrogen-bond acceptors (Lipinski definition) is 6. The summed E-state index contributed by atoms with van der Waals surface area (Å²) in [5.41, 5.74) is 6.60. The van der Waals surface area contributed by atoms with Gasteiger partial charge < -0.3 is 19.8 Å². The number of aliphatic imine (C=N–C) groups is 3. The summed E-state index contributed by atoms with van der Waals surface area (Å²) in [5.74, 6) is 6.48. The van der Waals surface area contributed by atoms with Gasteiger partial charge in [0.15, 0.2) is 0 Å². The monoisotopic (exact) mass is 1020 g/mol. The normalized spacial score (nSPS) is 9.11. The minimum Gasteiger partial charge on any atom is -0.312 e. The Morgan fingerprint density at radius 2 is 0.521 bits per heavy atom. The maximum absolute atomic E-state index is 4.19. The molecule has 6 nitrogen and oxygen atoms in total. The van der Waals surface area contributed by atoms with E-state index >= 15 is 0 Å². The van der Waals surface area contributed by atoms with Gasteiger partial charge in [0.05, 0.1) is 0 Å². The van der Waals surface area contributed by atoms with Crippen LogP contribution < -0.4 is 0 Å². The lowest BCUT2D eigenvalue weighted by Crippen LogP contribution is -2.42. The van der Waals surface area contributed by atoms with Crippen LogP contribution in [0.1, 0.15) is 251 Å². The van der Waals surface area contributed by atoms with Crippen molar-refractivity contribution in [2.24, 2.45) is 62.3 Å². The topological polar surface area (TPSA) is 46.8 Å². The van der Waals surface area contributed by atoms with Crippen molar-refractivity contribution in [2.45, 2.75) is 275 Å². The van der Waals surface area contributed by atoms with Gasteiger partial charge in [-0.25, -0.2) is 0 Å². The van der Waals surface area contributed by atoms with Gasteiger partial charge in [0.2, 0.25) is 0 Å². The largest absolute Gasteiger partial charge is 0.312 e. The van der Waals surface area contributed by atoms with Crippen molar-refractivity contribution in [2.75, 3.05) is 56.4 Å². The summed E-state index contributed by atoms with van der Waals surface area (Å²) in [6.07, 6.45) is 0. The van der Waals surface area contributed by atoms with Gasteiger partial charge in [0.1, 0.15) is 0 Å². The minimum atomic E-state index is 0. The van der Waals surface area contributed by atoms with E-state index in [-0.39, 0.29) is 29.7 Å². The number of rotatable bonds is 9. The Bertz CT molecular complexity index is 879. The molecule has 0 atom stereocenters. The molecular formula is C65H156N6. The van der Waals surface area contributed by atoms with Gasteiger partial charge in [-0.3, -0.25) is 9.89 Å². The average molecular weight is 1020 g/mol. The molecule has 0 aliphatic carbocycles. The SMILES string of the molecule is C.C.C.C.C=C(C)C.C=C(C)C.C=NC.C=NC.CC(C)=C(C(C)C)C(C)C.CC(C)=NC(C)C.CC(C)C.CC(C)C.CC(C)C(C(C)C)C(C)C.CC(C)N(C(C)C)C(C)C.CN(C)C.CN(C)C. The second-order valence-electron chi connectivity index (χ2n) is 23.2. The van der Waals surface area contributed by atoms with E-state index < -0.39 is 0 Å². The van der Waals surface area contributed by atoms with Gasteiger partial charge in [0, 0.05) is 44.0 Å². The van der Waals surface area contributed by atoms with Gasteiger partial charge >= 0.3 is 0 Å². The van der Waals surface area contributed by atoms with E-state index in [1.165, 1.54) is 16.7 Å². The molecule has 0 radical (unpaired) electrons. The first-order valence-electron chi connectivity index (χ1n) is 25.9. The summed E-state index contributed by atoms with van der Waals surface area (Å²) < 4.78 is 0. The second-order valence-corrected chi connectivity index (χ2v) is 23.2. The van der Waals surface area contributed by atoms with E-state index in [0.29, 0.717) is 36.0 Å². The van der Waals surface area contributed by atoms with E-state index in [2.05, 4.69) is 226 Å². The lowest BCUT2D eigenvalue weighted by Gasteiger charge is -2.34. The van der Waals surface area contributed by atoms with Crippen molar-refractivity contribution in [1.82, 2.24) is 14.7 Å². The molecule has 0 spiro atoms. The maximum Gasteiger partial charge on any atom is 0.0442 e. The lowest BCUT2D eigenvalue weighted by atomic mass is 9.78. The Kier molecular flexibility index (Phi) is 131. The molecular weight excluding hydrogens is 865 g/mol. The van der Waals surface area contributed by atoms with Gasteiger partial charge in [-0.05, 0) is 214 Å². The quantitative estimate of drug-likeness (QED) is 0.171. The molecule has 0 aliphatic rings. The molecule has 0 unspecified atom stereocenters. The van der Waals surface area contributed by atoms with Crippen LogP contribution in [0.25, 0.3) is 0 Å². The van der Waals surface area contributed by atoms with Crippen LogP contribution in [-0.2, 0) is 0 Å². The van der Waals surface area contributed by atoms with Gasteiger partial charge in [0.25, 0.3) is 0 Å². The highest BCUT2D eigenvalue weighted by Crippen LogP contribution is 2.27. The molecule has 446 valence electrons. The van der Waals surface area contributed by atoms with Crippen LogP contribution in [0.15, 0.2) is 50.4 Å². The smallest absolute Gasteiger partial charge is 0.0442 e. The van der Waals surface area contributed by atoms with Crippen molar-refractivity contribution in [3.8, 4) is 0 Å². The summed E-state index contributed by atoms with van der Waals surface area (Å²) >= 11 is 0. The van der Waals surface area contributed by atoms with Crippen LogP contribution in [0, 0.1) is 47.3 Å². The summed E-state index contributed by atoms with van der Waals surface area (Å²) in [7, 11) is 15.3. The summed E-state index contributed by atoms with van der Waals surface area (Å²) in [6.45, 7) is 83.3. The molecule has 0 fully saturated rings. The first-order valence-corrected chi connectivity index (χ1v) is 25.9. The third-order valence-electron chi connectivity index (χ3n) is 6.44. The average Bonchev–Trinajstić information content (AvgIpc) is 2.98. The highest BCUT2D eigenvalue weighted by Gasteiger charge is 2.20. The highest BCUT2D eigenvalue weighted by atomic mass is 15.2. The Hall–Kier alpha value is -1.89. The fourth-order valence-electron chi connectivity index (χ4n) is 6.44. The second kappa shape index (κ2) is 82.1. The fourth-order valence-corrected chi connectivity index (χ4v) is 6.44. The van der Waals surface area contributed by atoms with Crippen LogP contribution in [-0.4, -0.2) is 114 Å². The molecule has 0 aliphatic heterocycles. The molecule has 0 saturated carbocycles. The van der Waals surface area contributed by atoms with E-state index in [1.807, 2.05) is 93.6 Å². The molecule has 0 bridgehead atoms. The molecule has 0 aromatic carbocycles. The first-order chi connectivity index (χ1) is 29.7. The Morgan fingerprint density at radius 3 is 0.521 bits per heavy atom. The van der Waals surface area contributed by atoms with E-state index in [0.717, 1.165) is 41.2 Å². The predicted octanol–water partition coefficient (Wildman–Crippen LogP) is 21.6. The van der Waals surface area contributed by atoms with E-state index in [4.69, 9.17) is 0 Å². The van der Waals surface area contributed by atoms with Crippen molar-refractivity contribution in [3.63, 3.8) is 0 Å². The highest BCUT2D eigenvalue weighted by molar-refractivity contribution is 5.79. The number of allylic oxidation sites excluding steroid dienone is 4. The zero-order valence-corrected chi connectivity index (χ0v) is 54.9. The Morgan fingerprint density at radius 1 is 0.380 bits per heavy atom. The molecule has 6 heteroatoms. The lowest BCUT2D eigenvalue weighted by molar-refractivity contribution is 0.133. The van der Waals surface area contributed by atoms with Gasteiger partial charge in [-0.15, -0.1) is 13.2 Å². The molecule has 0 heterocycles. The Balaban J connectivity index is -0.0000000339. The van der Waals surface area contributed by atoms with Gasteiger partial charge in [-0.1, -0.05) is 163 Å². The maximum atomic E-state index is 4.19. The Labute approximate surface area is 461 Å². The van der Waals surface area contributed by atoms with E-state index in [1.54, 1.807) is 19.7 Å². The van der Waals surface area contributed by atoms with Crippen LogP contribution in [0.3, 0.4) is 0 Å². The van der Waals surface area contributed by atoms with E-state index in [9.17, 15) is 0 Å². The molecule has 0 N–H and O–H groups in total. The van der Waals surface area contributed by atoms with Crippen molar-refractivity contribution in [3.05, 3.63) is 35.5 Å².